The summed E-state index contributed by atoms with van der Waals surface area (Å²) < 4.78 is 48.3. The average molecular weight is 499 g/mol. The Morgan fingerprint density at radius 3 is 2.67 bits per heavy atom. The number of aromatic nitrogens is 3. The number of nitrogens with one attached hydrogen (secondary N) is 1. The molecule has 0 radical (unpaired) electrons. The number of rotatable bonds is 8. The largest absolute Gasteiger partial charge is 0.507 e. The van der Waals surface area contributed by atoms with Gasteiger partial charge in [0.2, 0.25) is 5.88 Å². The number of nitrogens with zero attached hydrogens (tertiary/aromatic N) is 3. The molecule has 1 saturated carbocycles. The average Bonchev–Trinajstić information content (AvgIpc) is 3.43. The first kappa shape index (κ1) is 23.2. The fraction of sp³-hybridized carbons (Fsp3) is 0.286. The number of halogens is 4. The lowest BCUT2D eigenvalue weighted by molar-refractivity contribution is -0.190. The molecule has 0 spiro atoms. The highest BCUT2D eigenvalue weighted by atomic mass is 35.5. The second-order valence-corrected chi connectivity index (χ2v) is 8.69. The molecule has 2 N–H and O–H groups in total. The SMILES string of the molecule is O=C(NSc1ccccc1O)c1ccc(-n2ccc(OCCC3(C(F)(F)F)CC3)n2)nc1Cl. The van der Waals surface area contributed by atoms with Gasteiger partial charge in [-0.2, -0.15) is 13.2 Å². The van der Waals surface area contributed by atoms with Gasteiger partial charge >= 0.3 is 6.18 Å². The van der Waals surface area contributed by atoms with E-state index in [9.17, 15) is 23.1 Å². The number of benzene rings is 1. The minimum Gasteiger partial charge on any atom is -0.507 e. The van der Waals surface area contributed by atoms with Gasteiger partial charge in [0.1, 0.15) is 10.9 Å². The number of carbonyl (C=O) groups excluding carboxylic acids is 1. The second-order valence-electron chi connectivity index (χ2n) is 7.48. The maximum atomic E-state index is 13.0. The van der Waals surface area contributed by atoms with E-state index in [1.165, 1.54) is 35.1 Å². The summed E-state index contributed by atoms with van der Waals surface area (Å²) in [7, 11) is 0. The highest BCUT2D eigenvalue weighted by Crippen LogP contribution is 2.59. The normalized spacial score (nSPS) is 14.7. The molecule has 2 heterocycles. The molecule has 0 bridgehead atoms. The molecule has 3 aromatic rings. The standard InChI is InChI=1S/C21H18ClF3N4O3S/c22-18-13(19(31)28-33-15-4-2-1-3-14(15)30)5-6-16(26-18)29-11-7-17(27-29)32-12-10-20(8-9-20)21(23,24)25/h1-7,11,30H,8-10,12H2,(H,28,31). The first-order chi connectivity index (χ1) is 15.7. The molecule has 7 nitrogen and oxygen atoms in total. The molecule has 4 rings (SSSR count). The third-order valence-corrected chi connectivity index (χ3v) is 6.42. The predicted octanol–water partition coefficient (Wildman–Crippen LogP) is 5.17. The molecule has 1 aliphatic carbocycles. The lowest BCUT2D eigenvalue weighted by atomic mass is 10.0. The van der Waals surface area contributed by atoms with Crippen LogP contribution in [0.2, 0.25) is 5.15 Å². The zero-order chi connectivity index (χ0) is 23.6. The minimum absolute atomic E-state index is 0.0322. The number of ether oxygens (including phenoxy) is 1. The van der Waals surface area contributed by atoms with Gasteiger partial charge in [-0.1, -0.05) is 23.7 Å². The van der Waals surface area contributed by atoms with E-state index in [2.05, 4.69) is 14.8 Å². The number of phenolic OH excluding ortho intramolecular Hbond substituents is 1. The lowest BCUT2D eigenvalue weighted by Crippen LogP contribution is -2.26. The van der Waals surface area contributed by atoms with E-state index in [0.29, 0.717) is 10.7 Å². The highest BCUT2D eigenvalue weighted by molar-refractivity contribution is 7.98. The van der Waals surface area contributed by atoms with Crippen molar-refractivity contribution in [3.05, 3.63) is 59.4 Å². The molecule has 0 saturated heterocycles. The van der Waals surface area contributed by atoms with Crippen LogP contribution in [-0.4, -0.2) is 38.6 Å². The number of alkyl halides is 3. The van der Waals surface area contributed by atoms with Crippen molar-refractivity contribution in [1.29, 1.82) is 0 Å². The van der Waals surface area contributed by atoms with Crippen LogP contribution in [0.25, 0.3) is 5.82 Å². The molecule has 0 aliphatic heterocycles. The number of amides is 1. The van der Waals surface area contributed by atoms with Crippen LogP contribution >= 0.6 is 23.5 Å². The van der Waals surface area contributed by atoms with Crippen molar-refractivity contribution in [3.63, 3.8) is 0 Å². The van der Waals surface area contributed by atoms with Crippen molar-refractivity contribution in [1.82, 2.24) is 19.5 Å². The highest BCUT2D eigenvalue weighted by Gasteiger charge is 2.62. The molecule has 33 heavy (non-hydrogen) atoms. The van der Waals surface area contributed by atoms with Gasteiger partial charge in [-0.15, -0.1) is 5.10 Å². The quantitative estimate of drug-likeness (QED) is 0.329. The van der Waals surface area contributed by atoms with Crippen LogP contribution in [0, 0.1) is 5.41 Å². The number of hydrogen-bond donors (Lipinski definition) is 2. The predicted molar refractivity (Wildman–Crippen MR) is 116 cm³/mol. The first-order valence-corrected chi connectivity index (χ1v) is 11.1. The molecule has 1 amide bonds. The third-order valence-electron chi connectivity index (χ3n) is 5.28. The number of phenols is 1. The zero-order valence-corrected chi connectivity index (χ0v) is 18.5. The van der Waals surface area contributed by atoms with Gasteiger partial charge in [0, 0.05) is 12.3 Å². The van der Waals surface area contributed by atoms with Crippen molar-refractivity contribution in [3.8, 4) is 17.4 Å². The molecule has 2 aromatic heterocycles. The molecule has 12 heteroatoms. The number of pyridine rings is 1. The Balaban J connectivity index is 1.35. The summed E-state index contributed by atoms with van der Waals surface area (Å²) >= 11 is 7.11. The molecule has 174 valence electrons. The van der Waals surface area contributed by atoms with E-state index >= 15 is 0 Å². The number of para-hydroxylation sites is 1. The first-order valence-electron chi connectivity index (χ1n) is 9.86. The Morgan fingerprint density at radius 1 is 1.24 bits per heavy atom. The number of aromatic hydroxyl groups is 1. The molecule has 1 fully saturated rings. The summed E-state index contributed by atoms with van der Waals surface area (Å²) in [6.07, 6.45) is -2.55. The molecule has 0 unspecified atom stereocenters. The summed E-state index contributed by atoms with van der Waals surface area (Å²) in [5.74, 6) is -0.0132. The van der Waals surface area contributed by atoms with Crippen molar-refractivity contribution >= 4 is 29.5 Å². The van der Waals surface area contributed by atoms with E-state index in [-0.39, 0.29) is 48.2 Å². The van der Waals surface area contributed by atoms with Crippen LogP contribution < -0.4 is 9.46 Å². The summed E-state index contributed by atoms with van der Waals surface area (Å²) in [6.45, 7) is -0.0988. The summed E-state index contributed by atoms with van der Waals surface area (Å²) in [6, 6.07) is 11.0. The van der Waals surface area contributed by atoms with Crippen LogP contribution in [0.5, 0.6) is 11.6 Å². The van der Waals surface area contributed by atoms with Gasteiger partial charge in [0.15, 0.2) is 5.82 Å². The Hall–Kier alpha value is -2.92. The summed E-state index contributed by atoms with van der Waals surface area (Å²) in [5.41, 5.74) is -1.51. The maximum absolute atomic E-state index is 13.0. The number of carbonyl (C=O) groups is 1. The second kappa shape index (κ2) is 9.14. The Bertz CT molecular complexity index is 1170. The Morgan fingerprint density at radius 2 is 2.00 bits per heavy atom. The minimum atomic E-state index is -4.22. The van der Waals surface area contributed by atoms with Gasteiger partial charge in [0.25, 0.3) is 5.91 Å². The van der Waals surface area contributed by atoms with Crippen molar-refractivity contribution in [2.45, 2.75) is 30.3 Å². The monoisotopic (exact) mass is 498 g/mol. The molecule has 0 atom stereocenters. The molecular formula is C21H18ClF3N4O3S. The van der Waals surface area contributed by atoms with Gasteiger partial charge in [-0.05, 0) is 55.5 Å². The molecule has 1 aliphatic rings. The van der Waals surface area contributed by atoms with E-state index < -0.39 is 17.5 Å². The van der Waals surface area contributed by atoms with Crippen LogP contribution in [0.1, 0.15) is 29.6 Å². The topological polar surface area (TPSA) is 89.3 Å². The van der Waals surface area contributed by atoms with Gasteiger partial charge in [-0.25, -0.2) is 9.67 Å². The fourth-order valence-electron chi connectivity index (χ4n) is 3.11. The molecular weight excluding hydrogens is 481 g/mol. The Kier molecular flexibility index (Phi) is 6.44. The third kappa shape index (κ3) is 5.19. The van der Waals surface area contributed by atoms with E-state index in [0.717, 1.165) is 11.9 Å². The van der Waals surface area contributed by atoms with Crippen molar-refractivity contribution in [2.75, 3.05) is 6.61 Å². The van der Waals surface area contributed by atoms with Gasteiger partial charge < -0.3 is 9.84 Å². The maximum Gasteiger partial charge on any atom is 0.394 e. The van der Waals surface area contributed by atoms with E-state index in [1.54, 1.807) is 18.2 Å². The van der Waals surface area contributed by atoms with E-state index in [4.69, 9.17) is 16.3 Å². The van der Waals surface area contributed by atoms with E-state index in [1.807, 2.05) is 0 Å². The van der Waals surface area contributed by atoms with Gasteiger partial charge in [-0.3, -0.25) is 9.52 Å². The van der Waals surface area contributed by atoms with Crippen LogP contribution in [-0.2, 0) is 0 Å². The fourth-order valence-corrected chi connectivity index (χ4v) is 3.98. The van der Waals surface area contributed by atoms with Crippen LogP contribution in [0.15, 0.2) is 53.6 Å². The zero-order valence-electron chi connectivity index (χ0n) is 17.0. The van der Waals surface area contributed by atoms with Crippen LogP contribution in [0.4, 0.5) is 13.2 Å². The van der Waals surface area contributed by atoms with Crippen molar-refractivity contribution < 1.29 is 27.8 Å². The van der Waals surface area contributed by atoms with Crippen LogP contribution in [0.3, 0.4) is 0 Å². The lowest BCUT2D eigenvalue weighted by Gasteiger charge is -2.18. The summed E-state index contributed by atoms with van der Waals surface area (Å²) in [5, 5.41) is 13.8. The Labute approximate surface area is 196 Å². The number of hydrogen-bond acceptors (Lipinski definition) is 6. The van der Waals surface area contributed by atoms with Crippen molar-refractivity contribution in [2.24, 2.45) is 5.41 Å². The van der Waals surface area contributed by atoms with Gasteiger partial charge in [0.05, 0.1) is 22.5 Å². The summed E-state index contributed by atoms with van der Waals surface area (Å²) in [4.78, 5) is 17.0. The smallest absolute Gasteiger partial charge is 0.394 e. The molecule has 1 aromatic carbocycles.